The first-order valence-corrected chi connectivity index (χ1v) is 9.49. The van der Waals surface area contributed by atoms with Crippen molar-refractivity contribution in [2.45, 2.75) is 65.0 Å². The Bertz CT molecular complexity index is 802. The van der Waals surface area contributed by atoms with Crippen LogP contribution in [0.3, 0.4) is 0 Å². The topological polar surface area (TPSA) is 64.2 Å². The Morgan fingerprint density at radius 1 is 1.19 bits per heavy atom. The summed E-state index contributed by atoms with van der Waals surface area (Å²) in [6.07, 6.45) is 4.84. The molecule has 0 spiro atoms. The molecule has 2 aromatic rings. The number of aryl methyl sites for hydroxylation is 2. The number of nitrogens with zero attached hydrogens (tertiary/aromatic N) is 3. The molecule has 0 saturated heterocycles. The molecule has 2 N–H and O–H groups in total. The van der Waals surface area contributed by atoms with Crippen LogP contribution < -0.4 is 5.73 Å². The summed E-state index contributed by atoms with van der Waals surface area (Å²) in [5, 5.41) is 4.73. The van der Waals surface area contributed by atoms with E-state index in [0.717, 1.165) is 48.3 Å². The lowest BCUT2D eigenvalue weighted by molar-refractivity contribution is -0.137. The lowest BCUT2D eigenvalue weighted by Crippen LogP contribution is -2.55. The van der Waals surface area contributed by atoms with Gasteiger partial charge >= 0.3 is 0 Å². The zero-order chi connectivity index (χ0) is 18.9. The zero-order valence-corrected chi connectivity index (χ0v) is 16.4. The highest BCUT2D eigenvalue weighted by Crippen LogP contribution is 2.28. The number of hydrogen-bond acceptors (Lipinski definition) is 3. The molecule has 5 heteroatoms. The maximum absolute atomic E-state index is 13.0. The number of rotatable bonds is 4. The third kappa shape index (κ3) is 3.40. The average molecular weight is 354 g/mol. The molecule has 26 heavy (non-hydrogen) atoms. The third-order valence-corrected chi connectivity index (χ3v) is 5.70. The van der Waals surface area contributed by atoms with Crippen LogP contribution in [0.25, 0.3) is 5.69 Å². The van der Waals surface area contributed by atoms with Gasteiger partial charge in [0, 0.05) is 24.8 Å². The van der Waals surface area contributed by atoms with Crippen LogP contribution in [0, 0.1) is 20.8 Å². The number of nitrogens with two attached hydrogens (primary N) is 1. The summed E-state index contributed by atoms with van der Waals surface area (Å²) >= 11 is 0. The summed E-state index contributed by atoms with van der Waals surface area (Å²) in [7, 11) is 1.86. The van der Waals surface area contributed by atoms with Crippen molar-refractivity contribution in [1.29, 1.82) is 0 Å². The van der Waals surface area contributed by atoms with Crippen LogP contribution in [0.2, 0.25) is 0 Å². The van der Waals surface area contributed by atoms with E-state index in [9.17, 15) is 4.79 Å². The van der Waals surface area contributed by atoms with Gasteiger partial charge in [-0.1, -0.05) is 37.5 Å². The first-order valence-electron chi connectivity index (χ1n) is 9.49. The van der Waals surface area contributed by atoms with Crippen LogP contribution in [0.1, 0.15) is 54.6 Å². The second kappa shape index (κ2) is 7.23. The Morgan fingerprint density at radius 2 is 1.85 bits per heavy atom. The second-order valence-electron chi connectivity index (χ2n) is 7.73. The van der Waals surface area contributed by atoms with Gasteiger partial charge in [-0.05, 0) is 45.2 Å². The normalized spacial score (nSPS) is 16.5. The predicted octanol–water partition coefficient (Wildman–Crippen LogP) is 3.42. The number of carbonyl (C=O) groups excluding carboxylic acids is 1. The van der Waals surface area contributed by atoms with Crippen LogP contribution in [0.15, 0.2) is 24.3 Å². The lowest BCUT2D eigenvalue weighted by Gasteiger charge is -2.35. The number of amides is 1. The van der Waals surface area contributed by atoms with E-state index < -0.39 is 5.54 Å². The van der Waals surface area contributed by atoms with E-state index >= 15 is 0 Å². The van der Waals surface area contributed by atoms with Crippen molar-refractivity contribution in [2.24, 2.45) is 5.73 Å². The van der Waals surface area contributed by atoms with Gasteiger partial charge in [0.2, 0.25) is 5.91 Å². The number of para-hydroxylation sites is 1. The molecule has 1 saturated carbocycles. The van der Waals surface area contributed by atoms with Gasteiger partial charge in [0.25, 0.3) is 0 Å². The highest BCUT2D eigenvalue weighted by atomic mass is 16.2. The van der Waals surface area contributed by atoms with Crippen molar-refractivity contribution in [3.63, 3.8) is 0 Å². The van der Waals surface area contributed by atoms with E-state index in [1.54, 1.807) is 4.90 Å². The third-order valence-electron chi connectivity index (χ3n) is 5.70. The minimum Gasteiger partial charge on any atom is -0.340 e. The molecule has 140 valence electrons. The first kappa shape index (κ1) is 18.6. The largest absolute Gasteiger partial charge is 0.340 e. The average Bonchev–Trinajstić information content (AvgIpc) is 2.90. The van der Waals surface area contributed by atoms with Crippen molar-refractivity contribution < 1.29 is 4.79 Å². The van der Waals surface area contributed by atoms with Gasteiger partial charge in [0.15, 0.2) is 0 Å². The molecule has 1 amide bonds. The number of aromatic nitrogens is 2. The van der Waals surface area contributed by atoms with Crippen molar-refractivity contribution in [3.8, 4) is 5.69 Å². The van der Waals surface area contributed by atoms with Crippen molar-refractivity contribution >= 4 is 5.91 Å². The Labute approximate surface area is 156 Å². The molecule has 0 unspecified atom stereocenters. The fourth-order valence-electron chi connectivity index (χ4n) is 4.03. The van der Waals surface area contributed by atoms with Gasteiger partial charge in [-0.2, -0.15) is 5.10 Å². The molecular formula is C21H30N4O. The molecule has 0 atom stereocenters. The van der Waals surface area contributed by atoms with E-state index in [1.165, 1.54) is 12.0 Å². The Kier molecular flexibility index (Phi) is 5.19. The van der Waals surface area contributed by atoms with Gasteiger partial charge in [-0.25, -0.2) is 4.68 Å². The van der Waals surface area contributed by atoms with E-state index in [4.69, 9.17) is 10.8 Å². The summed E-state index contributed by atoms with van der Waals surface area (Å²) in [5.41, 5.74) is 11.1. The van der Waals surface area contributed by atoms with Gasteiger partial charge < -0.3 is 10.6 Å². The molecule has 1 aromatic heterocycles. The molecule has 1 heterocycles. The Hall–Kier alpha value is -2.14. The van der Waals surface area contributed by atoms with Crippen LogP contribution in [0.5, 0.6) is 0 Å². The SMILES string of the molecule is Cc1ccccc1-n1nc(C)c(CN(C)C(=O)C2(N)CCCCC2)c1C. The molecule has 0 radical (unpaired) electrons. The minimum absolute atomic E-state index is 0.0552. The lowest BCUT2D eigenvalue weighted by atomic mass is 9.81. The summed E-state index contributed by atoms with van der Waals surface area (Å²) in [5.74, 6) is 0.0552. The Balaban J connectivity index is 1.84. The Morgan fingerprint density at radius 3 is 2.50 bits per heavy atom. The smallest absolute Gasteiger partial charge is 0.242 e. The summed E-state index contributed by atoms with van der Waals surface area (Å²) in [4.78, 5) is 14.7. The molecule has 1 aliphatic rings. The van der Waals surface area contributed by atoms with E-state index in [-0.39, 0.29) is 5.91 Å². The van der Waals surface area contributed by atoms with Gasteiger partial charge in [0.1, 0.15) is 0 Å². The molecule has 5 nitrogen and oxygen atoms in total. The molecule has 0 bridgehead atoms. The summed E-state index contributed by atoms with van der Waals surface area (Å²) in [6, 6.07) is 8.21. The van der Waals surface area contributed by atoms with Gasteiger partial charge in [-0.3, -0.25) is 4.79 Å². The molecule has 1 fully saturated rings. The van der Waals surface area contributed by atoms with Crippen LogP contribution in [0.4, 0.5) is 0 Å². The maximum Gasteiger partial charge on any atom is 0.242 e. The molecule has 1 aliphatic carbocycles. The van der Waals surface area contributed by atoms with Crippen LogP contribution in [-0.4, -0.2) is 33.2 Å². The van der Waals surface area contributed by atoms with Crippen LogP contribution in [-0.2, 0) is 11.3 Å². The van der Waals surface area contributed by atoms with Crippen molar-refractivity contribution in [1.82, 2.24) is 14.7 Å². The van der Waals surface area contributed by atoms with E-state index in [1.807, 2.05) is 30.8 Å². The fourth-order valence-corrected chi connectivity index (χ4v) is 4.03. The molecule has 3 rings (SSSR count). The van der Waals surface area contributed by atoms with Gasteiger partial charge in [-0.15, -0.1) is 0 Å². The number of hydrogen-bond donors (Lipinski definition) is 1. The zero-order valence-electron chi connectivity index (χ0n) is 16.4. The van der Waals surface area contributed by atoms with Crippen molar-refractivity contribution in [2.75, 3.05) is 7.05 Å². The predicted molar refractivity (Wildman–Crippen MR) is 104 cm³/mol. The highest BCUT2D eigenvalue weighted by molar-refractivity contribution is 5.86. The maximum atomic E-state index is 13.0. The quantitative estimate of drug-likeness (QED) is 0.915. The second-order valence-corrected chi connectivity index (χ2v) is 7.73. The van der Waals surface area contributed by atoms with E-state index in [2.05, 4.69) is 26.0 Å². The first-order chi connectivity index (χ1) is 12.3. The minimum atomic E-state index is -0.694. The van der Waals surface area contributed by atoms with E-state index in [0.29, 0.717) is 6.54 Å². The molecular weight excluding hydrogens is 324 g/mol. The standard InChI is InChI=1S/C21H30N4O/c1-15-10-6-7-11-19(15)25-17(3)18(16(2)23-25)14-24(4)20(26)21(22)12-8-5-9-13-21/h6-7,10-11H,5,8-9,12-14,22H2,1-4H3. The highest BCUT2D eigenvalue weighted by Gasteiger charge is 2.37. The summed E-state index contributed by atoms with van der Waals surface area (Å²) < 4.78 is 1.98. The van der Waals surface area contributed by atoms with Gasteiger partial charge in [0.05, 0.1) is 16.9 Å². The number of likely N-dealkylation sites (N-methyl/N-ethyl adjacent to an activating group) is 1. The molecule has 1 aromatic carbocycles. The summed E-state index contributed by atoms with van der Waals surface area (Å²) in [6.45, 7) is 6.71. The monoisotopic (exact) mass is 354 g/mol. The molecule has 0 aliphatic heterocycles. The van der Waals surface area contributed by atoms with Crippen molar-refractivity contribution in [3.05, 3.63) is 46.8 Å². The fraction of sp³-hybridized carbons (Fsp3) is 0.524. The number of benzene rings is 1. The number of carbonyl (C=O) groups is 1. The van der Waals surface area contributed by atoms with Crippen LogP contribution >= 0.6 is 0 Å².